The van der Waals surface area contributed by atoms with Gasteiger partial charge in [0.15, 0.2) is 5.69 Å². The van der Waals surface area contributed by atoms with Crippen molar-refractivity contribution >= 4 is 39.8 Å². The van der Waals surface area contributed by atoms with Gasteiger partial charge in [-0.05, 0) is 28.9 Å². The highest BCUT2D eigenvalue weighted by atomic mass is 79.9. The van der Waals surface area contributed by atoms with Gasteiger partial charge in [0.2, 0.25) is 0 Å². The number of anilines is 1. The molecular formula is C15H18BrF3N2O6. The summed E-state index contributed by atoms with van der Waals surface area (Å²) in [6.45, 7) is 5.23. The lowest BCUT2D eigenvalue weighted by molar-refractivity contribution is -0.138. The molecule has 0 N–H and O–H groups in total. The van der Waals surface area contributed by atoms with Gasteiger partial charge in [-0.3, -0.25) is 0 Å². The summed E-state index contributed by atoms with van der Waals surface area (Å²) in [5.74, 6) is -1.18. The van der Waals surface area contributed by atoms with Crippen LogP contribution in [0, 0.1) is 0 Å². The van der Waals surface area contributed by atoms with Gasteiger partial charge >= 0.3 is 24.3 Å². The molecule has 0 aliphatic carbocycles. The third-order valence-corrected chi connectivity index (χ3v) is 3.29. The van der Waals surface area contributed by atoms with E-state index in [0.29, 0.717) is 6.07 Å². The van der Waals surface area contributed by atoms with Gasteiger partial charge in [-0.2, -0.15) is 18.1 Å². The van der Waals surface area contributed by atoms with E-state index in [2.05, 4.69) is 35.1 Å². The minimum absolute atomic E-state index is 0.116. The molecule has 27 heavy (non-hydrogen) atoms. The number of pyridine rings is 1. The predicted molar refractivity (Wildman–Crippen MR) is 91.5 cm³/mol. The fraction of sp³-hybridized carbons (Fsp3) is 0.467. The molecule has 0 aliphatic heterocycles. The van der Waals surface area contributed by atoms with Gasteiger partial charge in [0.05, 0.1) is 32.1 Å². The van der Waals surface area contributed by atoms with Gasteiger partial charge in [-0.1, -0.05) is 13.8 Å². The Morgan fingerprint density at radius 3 is 2.11 bits per heavy atom. The zero-order valence-corrected chi connectivity index (χ0v) is 16.7. The van der Waals surface area contributed by atoms with Crippen LogP contribution in [-0.4, -0.2) is 44.0 Å². The molecule has 8 nitrogen and oxygen atoms in total. The van der Waals surface area contributed by atoms with Crippen molar-refractivity contribution in [1.29, 1.82) is 0 Å². The minimum Gasteiger partial charge on any atom is -0.464 e. The summed E-state index contributed by atoms with van der Waals surface area (Å²) in [4.78, 5) is 39.2. The second kappa shape index (κ2) is 10.7. The highest BCUT2D eigenvalue weighted by molar-refractivity contribution is 9.10. The standard InChI is InChI=1S/C13H12BrF3N2O6.C2H6/c1-4-25-12(22)19(11(21)24-3)7-5-6(13(15,16)17)9(14)18-8(7)10(20)23-2;1-2/h5H,4H2,1-3H3;1-2H3. The Morgan fingerprint density at radius 2 is 1.70 bits per heavy atom. The molecule has 2 amide bonds. The first-order chi connectivity index (χ1) is 12.6. The van der Waals surface area contributed by atoms with Crippen molar-refractivity contribution < 1.29 is 41.8 Å². The molecule has 0 saturated carbocycles. The number of esters is 1. The number of alkyl halides is 3. The fourth-order valence-corrected chi connectivity index (χ4v) is 2.16. The summed E-state index contributed by atoms with van der Waals surface area (Å²) < 4.78 is 52.0. The zero-order chi connectivity index (χ0) is 21.4. The van der Waals surface area contributed by atoms with Crippen molar-refractivity contribution in [3.63, 3.8) is 0 Å². The van der Waals surface area contributed by atoms with E-state index in [0.717, 1.165) is 14.2 Å². The Morgan fingerprint density at radius 1 is 1.15 bits per heavy atom. The smallest absolute Gasteiger partial charge is 0.424 e. The number of hydrogen-bond acceptors (Lipinski definition) is 7. The number of amides is 2. The summed E-state index contributed by atoms with van der Waals surface area (Å²) >= 11 is 2.60. The van der Waals surface area contributed by atoms with Crippen LogP contribution in [0.15, 0.2) is 10.7 Å². The van der Waals surface area contributed by atoms with E-state index in [9.17, 15) is 27.6 Å². The normalized spacial score (nSPS) is 10.3. The molecule has 0 saturated heterocycles. The van der Waals surface area contributed by atoms with E-state index in [-0.39, 0.29) is 11.5 Å². The quantitative estimate of drug-likeness (QED) is 0.376. The zero-order valence-electron chi connectivity index (χ0n) is 15.1. The average Bonchev–Trinajstić information content (AvgIpc) is 2.62. The third kappa shape index (κ3) is 6.08. The van der Waals surface area contributed by atoms with Crippen LogP contribution in [0.2, 0.25) is 0 Å². The van der Waals surface area contributed by atoms with Crippen molar-refractivity contribution in [2.45, 2.75) is 26.9 Å². The second-order valence-corrected chi connectivity index (χ2v) is 4.94. The molecule has 0 fully saturated rings. The number of ether oxygens (including phenoxy) is 3. The van der Waals surface area contributed by atoms with Crippen molar-refractivity contribution in [2.24, 2.45) is 0 Å². The minimum atomic E-state index is -4.88. The molecule has 1 aromatic rings. The lowest BCUT2D eigenvalue weighted by atomic mass is 10.2. The summed E-state index contributed by atoms with van der Waals surface area (Å²) in [7, 11) is 1.84. The molecule has 1 aromatic heterocycles. The van der Waals surface area contributed by atoms with E-state index < -0.39 is 45.9 Å². The summed E-state index contributed by atoms with van der Waals surface area (Å²) in [6, 6.07) is 0.386. The average molecular weight is 459 g/mol. The van der Waals surface area contributed by atoms with E-state index in [1.165, 1.54) is 6.92 Å². The maximum Gasteiger partial charge on any atom is 0.424 e. The van der Waals surface area contributed by atoms with Crippen molar-refractivity contribution in [2.75, 3.05) is 25.7 Å². The number of carbonyl (C=O) groups is 3. The van der Waals surface area contributed by atoms with E-state index in [1.807, 2.05) is 13.8 Å². The molecule has 1 rings (SSSR count). The molecule has 0 atom stereocenters. The number of aromatic nitrogens is 1. The first-order valence-corrected chi connectivity index (χ1v) is 8.28. The molecule has 0 aliphatic rings. The SMILES string of the molecule is CC.CCOC(=O)N(C(=O)OC)c1cc(C(F)(F)F)c(Br)nc1C(=O)OC. The Bertz CT molecular complexity index is 697. The Hall–Kier alpha value is -2.37. The van der Waals surface area contributed by atoms with Crippen LogP contribution in [0.3, 0.4) is 0 Å². The number of hydrogen-bond donors (Lipinski definition) is 0. The first-order valence-electron chi connectivity index (χ1n) is 7.49. The summed E-state index contributed by atoms with van der Waals surface area (Å²) in [6.07, 6.45) is -7.61. The molecule has 0 radical (unpaired) electrons. The number of halogens is 4. The lowest BCUT2D eigenvalue weighted by Gasteiger charge is -2.21. The highest BCUT2D eigenvalue weighted by Crippen LogP contribution is 2.37. The number of rotatable bonds is 3. The maximum atomic E-state index is 13.1. The van der Waals surface area contributed by atoms with E-state index in [1.54, 1.807) is 0 Å². The monoisotopic (exact) mass is 458 g/mol. The van der Waals surface area contributed by atoms with Crippen LogP contribution in [0.1, 0.15) is 36.8 Å². The first kappa shape index (κ1) is 24.6. The Balaban J connectivity index is 0.00000326. The topological polar surface area (TPSA) is 95.0 Å². The van der Waals surface area contributed by atoms with Crippen molar-refractivity contribution in [3.8, 4) is 0 Å². The van der Waals surface area contributed by atoms with Gasteiger partial charge in [-0.25, -0.2) is 19.4 Å². The largest absolute Gasteiger partial charge is 0.464 e. The number of methoxy groups -OCH3 is 2. The molecule has 0 spiro atoms. The van der Waals surface area contributed by atoms with Crippen molar-refractivity contribution in [3.05, 3.63) is 21.9 Å². The molecule has 152 valence electrons. The van der Waals surface area contributed by atoms with Crippen LogP contribution < -0.4 is 4.90 Å². The molecule has 1 heterocycles. The summed E-state index contributed by atoms with van der Waals surface area (Å²) in [5.41, 5.74) is -2.85. The number of carbonyl (C=O) groups excluding carboxylic acids is 3. The Kier molecular flexibility index (Phi) is 9.76. The van der Waals surface area contributed by atoms with E-state index >= 15 is 0 Å². The van der Waals surface area contributed by atoms with Gasteiger partial charge < -0.3 is 14.2 Å². The number of nitrogens with zero attached hydrogens (tertiary/aromatic N) is 2. The second-order valence-electron chi connectivity index (χ2n) is 4.19. The molecule has 12 heteroatoms. The van der Waals surface area contributed by atoms with Crippen molar-refractivity contribution in [1.82, 2.24) is 4.98 Å². The van der Waals surface area contributed by atoms with Crippen LogP contribution in [0.5, 0.6) is 0 Å². The molecular weight excluding hydrogens is 441 g/mol. The summed E-state index contributed by atoms with van der Waals surface area (Å²) in [5, 5.41) is 0. The van der Waals surface area contributed by atoms with Gasteiger partial charge in [-0.15, -0.1) is 0 Å². The Labute approximate surface area is 161 Å². The lowest BCUT2D eigenvalue weighted by Crippen LogP contribution is -2.39. The maximum absolute atomic E-state index is 13.1. The fourth-order valence-electron chi connectivity index (χ4n) is 1.65. The van der Waals surface area contributed by atoms with Crippen LogP contribution in [0.4, 0.5) is 28.4 Å². The predicted octanol–water partition coefficient (Wildman–Crippen LogP) is 4.41. The third-order valence-electron chi connectivity index (χ3n) is 2.69. The highest BCUT2D eigenvalue weighted by Gasteiger charge is 2.39. The van der Waals surface area contributed by atoms with Crippen LogP contribution in [0.25, 0.3) is 0 Å². The number of imide groups is 1. The van der Waals surface area contributed by atoms with Gasteiger partial charge in [0.25, 0.3) is 0 Å². The van der Waals surface area contributed by atoms with Gasteiger partial charge in [0, 0.05) is 0 Å². The molecule has 0 bridgehead atoms. The van der Waals surface area contributed by atoms with E-state index in [4.69, 9.17) is 0 Å². The van der Waals surface area contributed by atoms with Crippen LogP contribution >= 0.6 is 15.9 Å². The molecule has 0 unspecified atom stereocenters. The van der Waals surface area contributed by atoms with Gasteiger partial charge in [0.1, 0.15) is 4.60 Å². The molecule has 0 aromatic carbocycles. The van der Waals surface area contributed by atoms with Crippen LogP contribution in [-0.2, 0) is 20.4 Å².